The lowest BCUT2D eigenvalue weighted by atomic mass is 10.2. The third-order valence-electron chi connectivity index (χ3n) is 1.36. The Labute approximate surface area is 90.4 Å². The molecule has 0 aliphatic heterocycles. The van der Waals surface area contributed by atoms with Crippen LogP contribution < -0.4 is 4.74 Å². The summed E-state index contributed by atoms with van der Waals surface area (Å²) in [6, 6.07) is 3.94. The van der Waals surface area contributed by atoms with E-state index in [-0.39, 0.29) is 5.82 Å². The third-order valence-corrected chi connectivity index (χ3v) is 1.59. The Balaban J connectivity index is 2.90. The fourth-order valence-corrected chi connectivity index (χ4v) is 1.10. The standard InChI is InChI=1S/C8H6Cl3FO/c1-5-4-6(12)2-3-7(5)13-8(9,10)11/h2-4H,1H3. The summed E-state index contributed by atoms with van der Waals surface area (Å²) in [6.45, 7) is 1.66. The number of alkyl halides is 3. The van der Waals surface area contributed by atoms with Crippen LogP contribution in [-0.2, 0) is 0 Å². The lowest BCUT2D eigenvalue weighted by Gasteiger charge is -2.15. The Morgan fingerprint density at radius 2 is 1.92 bits per heavy atom. The Morgan fingerprint density at radius 3 is 2.38 bits per heavy atom. The molecule has 0 aromatic heterocycles. The molecule has 0 fully saturated rings. The maximum Gasteiger partial charge on any atom is 0.338 e. The molecule has 1 aromatic rings. The van der Waals surface area contributed by atoms with E-state index in [0.29, 0.717) is 11.3 Å². The molecule has 0 bridgehead atoms. The van der Waals surface area contributed by atoms with E-state index in [4.69, 9.17) is 39.5 Å². The fraction of sp³-hybridized carbons (Fsp3) is 0.250. The van der Waals surface area contributed by atoms with Crippen molar-refractivity contribution in [2.24, 2.45) is 0 Å². The number of benzene rings is 1. The molecule has 1 nitrogen and oxygen atoms in total. The van der Waals surface area contributed by atoms with E-state index in [1.165, 1.54) is 18.2 Å². The van der Waals surface area contributed by atoms with Crippen LogP contribution in [0, 0.1) is 12.7 Å². The summed E-state index contributed by atoms with van der Waals surface area (Å²) in [4.78, 5) is 0. The van der Waals surface area contributed by atoms with Crippen LogP contribution in [0.25, 0.3) is 0 Å². The van der Waals surface area contributed by atoms with Gasteiger partial charge in [0.2, 0.25) is 0 Å². The summed E-state index contributed by atoms with van der Waals surface area (Å²) < 4.78 is 15.7. The molecule has 0 unspecified atom stereocenters. The number of aryl methyl sites for hydroxylation is 1. The minimum atomic E-state index is -1.82. The van der Waals surface area contributed by atoms with Gasteiger partial charge >= 0.3 is 3.98 Å². The van der Waals surface area contributed by atoms with Gasteiger partial charge in [0.15, 0.2) is 0 Å². The lowest BCUT2D eigenvalue weighted by molar-refractivity contribution is 0.317. The maximum absolute atomic E-state index is 12.6. The molecule has 0 saturated carbocycles. The molecule has 1 rings (SSSR count). The molecule has 0 aliphatic rings. The lowest BCUT2D eigenvalue weighted by Crippen LogP contribution is -2.13. The number of rotatable bonds is 1. The minimum Gasteiger partial charge on any atom is -0.445 e. The van der Waals surface area contributed by atoms with Gasteiger partial charge in [0.1, 0.15) is 11.6 Å². The van der Waals surface area contributed by atoms with Crippen molar-refractivity contribution in [3.8, 4) is 5.75 Å². The monoisotopic (exact) mass is 242 g/mol. The molecule has 0 N–H and O–H groups in total. The summed E-state index contributed by atoms with van der Waals surface area (Å²) >= 11 is 16.2. The van der Waals surface area contributed by atoms with Gasteiger partial charge in [0, 0.05) is 0 Å². The Kier molecular flexibility index (Phi) is 3.28. The normalized spacial score (nSPS) is 11.5. The van der Waals surface area contributed by atoms with Gasteiger partial charge in [-0.25, -0.2) is 4.39 Å². The van der Waals surface area contributed by atoms with Crippen molar-refractivity contribution in [1.29, 1.82) is 0 Å². The van der Waals surface area contributed by atoms with Crippen molar-refractivity contribution >= 4 is 34.8 Å². The van der Waals surface area contributed by atoms with Crippen molar-refractivity contribution in [3.63, 3.8) is 0 Å². The average molecular weight is 243 g/mol. The van der Waals surface area contributed by atoms with Gasteiger partial charge in [-0.15, -0.1) is 0 Å². The van der Waals surface area contributed by atoms with E-state index in [1.807, 2.05) is 0 Å². The first-order valence-corrected chi connectivity index (χ1v) is 4.54. The third kappa shape index (κ3) is 3.59. The van der Waals surface area contributed by atoms with Crippen molar-refractivity contribution in [1.82, 2.24) is 0 Å². The topological polar surface area (TPSA) is 9.23 Å². The number of halogens is 4. The molecular formula is C8H6Cl3FO. The van der Waals surface area contributed by atoms with Gasteiger partial charge in [0.25, 0.3) is 0 Å². The van der Waals surface area contributed by atoms with Crippen molar-refractivity contribution < 1.29 is 9.13 Å². The van der Waals surface area contributed by atoms with Gasteiger partial charge in [-0.1, -0.05) is 0 Å². The van der Waals surface area contributed by atoms with Crippen LogP contribution in [-0.4, -0.2) is 3.98 Å². The Bertz CT molecular complexity index is 309. The zero-order valence-electron chi connectivity index (χ0n) is 6.65. The highest BCUT2D eigenvalue weighted by molar-refractivity contribution is 6.66. The summed E-state index contributed by atoms with van der Waals surface area (Å²) in [7, 11) is 0. The summed E-state index contributed by atoms with van der Waals surface area (Å²) in [5.41, 5.74) is 0.575. The molecular weight excluding hydrogens is 237 g/mol. The van der Waals surface area contributed by atoms with Gasteiger partial charge in [-0.05, 0) is 65.5 Å². The van der Waals surface area contributed by atoms with Crippen LogP contribution in [0.1, 0.15) is 5.56 Å². The van der Waals surface area contributed by atoms with Gasteiger partial charge in [-0.3, -0.25) is 0 Å². The van der Waals surface area contributed by atoms with E-state index >= 15 is 0 Å². The largest absolute Gasteiger partial charge is 0.445 e. The van der Waals surface area contributed by atoms with E-state index in [1.54, 1.807) is 6.92 Å². The second-order valence-electron chi connectivity index (χ2n) is 2.46. The molecule has 0 heterocycles. The highest BCUT2D eigenvalue weighted by Crippen LogP contribution is 2.31. The molecule has 13 heavy (non-hydrogen) atoms. The fourth-order valence-electron chi connectivity index (χ4n) is 0.852. The van der Waals surface area contributed by atoms with Crippen LogP contribution in [0.15, 0.2) is 18.2 Å². The quantitative estimate of drug-likeness (QED) is 0.681. The number of hydrogen-bond acceptors (Lipinski definition) is 1. The molecule has 5 heteroatoms. The second-order valence-corrected chi connectivity index (χ2v) is 4.63. The van der Waals surface area contributed by atoms with Crippen LogP contribution in [0.4, 0.5) is 4.39 Å². The van der Waals surface area contributed by atoms with Gasteiger partial charge in [0.05, 0.1) is 0 Å². The predicted molar refractivity (Wildman–Crippen MR) is 52.1 cm³/mol. The van der Waals surface area contributed by atoms with Crippen molar-refractivity contribution in [2.45, 2.75) is 10.9 Å². The number of hydrogen-bond donors (Lipinski definition) is 0. The maximum atomic E-state index is 12.6. The summed E-state index contributed by atoms with van der Waals surface area (Å²) in [5.74, 6) is -0.00410. The van der Waals surface area contributed by atoms with E-state index < -0.39 is 3.98 Å². The average Bonchev–Trinajstić information content (AvgIpc) is 1.93. The van der Waals surface area contributed by atoms with Crippen LogP contribution in [0.2, 0.25) is 0 Å². The molecule has 0 radical (unpaired) electrons. The minimum absolute atomic E-state index is 0.349. The van der Waals surface area contributed by atoms with E-state index in [2.05, 4.69) is 0 Å². The van der Waals surface area contributed by atoms with Crippen molar-refractivity contribution in [3.05, 3.63) is 29.6 Å². The zero-order chi connectivity index (χ0) is 10.1. The molecule has 0 atom stereocenters. The first kappa shape index (κ1) is 10.9. The summed E-state index contributed by atoms with van der Waals surface area (Å²) in [5, 5.41) is 0. The SMILES string of the molecule is Cc1cc(F)ccc1OC(Cl)(Cl)Cl. The highest BCUT2D eigenvalue weighted by Gasteiger charge is 2.22. The van der Waals surface area contributed by atoms with Crippen molar-refractivity contribution in [2.75, 3.05) is 0 Å². The summed E-state index contributed by atoms with van der Waals surface area (Å²) in [6.07, 6.45) is 0. The van der Waals surface area contributed by atoms with Crippen LogP contribution >= 0.6 is 34.8 Å². The Hall–Kier alpha value is -0.180. The zero-order valence-corrected chi connectivity index (χ0v) is 8.92. The van der Waals surface area contributed by atoms with Gasteiger partial charge < -0.3 is 4.74 Å². The van der Waals surface area contributed by atoms with E-state index in [9.17, 15) is 4.39 Å². The Morgan fingerprint density at radius 1 is 1.31 bits per heavy atom. The molecule has 0 aliphatic carbocycles. The smallest absolute Gasteiger partial charge is 0.338 e. The predicted octanol–water partition coefficient (Wildman–Crippen LogP) is 3.84. The molecule has 72 valence electrons. The first-order chi connectivity index (χ1) is 5.88. The molecule has 1 aromatic carbocycles. The first-order valence-electron chi connectivity index (χ1n) is 3.40. The highest BCUT2D eigenvalue weighted by atomic mass is 35.6. The second kappa shape index (κ2) is 3.91. The van der Waals surface area contributed by atoms with Crippen LogP contribution in [0.3, 0.4) is 0 Å². The number of ether oxygens (including phenoxy) is 1. The molecule has 0 spiro atoms. The molecule has 0 amide bonds. The van der Waals surface area contributed by atoms with Gasteiger partial charge in [-0.2, -0.15) is 0 Å². The van der Waals surface area contributed by atoms with Crippen LogP contribution in [0.5, 0.6) is 5.75 Å². The van der Waals surface area contributed by atoms with E-state index in [0.717, 1.165) is 0 Å². The molecule has 0 saturated heterocycles.